The maximum Gasteiger partial charge on any atom is 0.234 e. The van der Waals surface area contributed by atoms with Crippen LogP contribution in [0.25, 0.3) is 0 Å². The number of amides is 1. The Labute approximate surface area is 146 Å². The third-order valence-corrected chi connectivity index (χ3v) is 5.85. The second-order valence-electron chi connectivity index (χ2n) is 9.23. The number of carbonyl (C=O) groups is 1. The molecule has 0 radical (unpaired) electrons. The van der Waals surface area contributed by atoms with Crippen LogP contribution >= 0.6 is 0 Å². The van der Waals surface area contributed by atoms with Crippen molar-refractivity contribution in [2.45, 2.75) is 58.6 Å². The molecule has 138 valence electrons. The Hall–Kier alpha value is -0.650. The van der Waals surface area contributed by atoms with Crippen LogP contribution in [0.1, 0.15) is 46.5 Å². The third-order valence-electron chi connectivity index (χ3n) is 5.85. The van der Waals surface area contributed by atoms with Crippen molar-refractivity contribution in [3.05, 3.63) is 0 Å². The second-order valence-corrected chi connectivity index (χ2v) is 9.23. The quantitative estimate of drug-likeness (QED) is 0.736. The van der Waals surface area contributed by atoms with Crippen molar-refractivity contribution in [2.75, 3.05) is 39.3 Å². The number of carbonyl (C=O) groups excluding carboxylic acids is 1. The molecule has 24 heavy (non-hydrogen) atoms. The average molecular weight is 338 g/mol. The summed E-state index contributed by atoms with van der Waals surface area (Å²) in [6.45, 7) is 11.2. The molecule has 1 saturated heterocycles. The van der Waals surface area contributed by atoms with Crippen molar-refractivity contribution in [3.63, 3.8) is 0 Å². The summed E-state index contributed by atoms with van der Waals surface area (Å²) >= 11 is 0. The largest absolute Gasteiger partial charge is 0.391 e. The van der Waals surface area contributed by atoms with Gasteiger partial charge in [-0.25, -0.2) is 0 Å². The van der Waals surface area contributed by atoms with Gasteiger partial charge in [0.05, 0.1) is 12.6 Å². The third kappa shape index (κ3) is 5.17. The number of nitrogens with one attached hydrogen (secondary N) is 1. The maximum absolute atomic E-state index is 12.4. The van der Waals surface area contributed by atoms with Crippen LogP contribution in [0.2, 0.25) is 0 Å². The highest BCUT2D eigenvalue weighted by Gasteiger charge is 2.42. The normalized spacial score (nSPS) is 25.0. The molecule has 2 aliphatic carbocycles. The van der Waals surface area contributed by atoms with Crippen molar-refractivity contribution in [1.29, 1.82) is 0 Å². The number of piperazine rings is 1. The van der Waals surface area contributed by atoms with E-state index in [1.165, 1.54) is 25.7 Å². The number of hydrogen-bond acceptors (Lipinski definition) is 4. The molecular formula is C19H35N3O2. The fourth-order valence-corrected chi connectivity index (χ4v) is 3.61. The van der Waals surface area contributed by atoms with Gasteiger partial charge >= 0.3 is 0 Å². The predicted octanol–water partition coefficient (Wildman–Crippen LogP) is 1.32. The molecule has 1 aliphatic heterocycles. The van der Waals surface area contributed by atoms with Crippen LogP contribution in [-0.2, 0) is 4.79 Å². The van der Waals surface area contributed by atoms with Crippen LogP contribution in [-0.4, -0.2) is 72.2 Å². The molecule has 0 bridgehead atoms. The molecule has 5 nitrogen and oxygen atoms in total. The van der Waals surface area contributed by atoms with Crippen LogP contribution in [0.4, 0.5) is 0 Å². The molecule has 3 fully saturated rings. The van der Waals surface area contributed by atoms with Crippen molar-refractivity contribution in [1.82, 2.24) is 15.1 Å². The minimum atomic E-state index is -0.301. The maximum atomic E-state index is 12.4. The number of nitrogens with zero attached hydrogens (tertiary/aromatic N) is 2. The van der Waals surface area contributed by atoms with Gasteiger partial charge in [0.15, 0.2) is 0 Å². The van der Waals surface area contributed by atoms with Gasteiger partial charge in [0.2, 0.25) is 5.91 Å². The molecule has 3 rings (SSSR count). The second kappa shape index (κ2) is 7.30. The molecule has 5 heteroatoms. The van der Waals surface area contributed by atoms with Crippen LogP contribution < -0.4 is 5.32 Å². The SMILES string of the molecule is CC(C)(C)[C@H](O)CN1CCN(CC(=O)NC(C2CC2)C2CC2)CC1. The molecule has 0 spiro atoms. The Morgan fingerprint density at radius 3 is 2.00 bits per heavy atom. The number of rotatable bonds is 7. The molecule has 1 amide bonds. The summed E-state index contributed by atoms with van der Waals surface area (Å²) in [4.78, 5) is 16.9. The van der Waals surface area contributed by atoms with Crippen LogP contribution in [0.5, 0.6) is 0 Å². The summed E-state index contributed by atoms with van der Waals surface area (Å²) in [5.74, 6) is 1.73. The number of β-amino-alcohol motifs (C(OH)–C–C–N with tert-alkyl or cyclic N) is 1. The Balaban J connectivity index is 1.36. The van der Waals surface area contributed by atoms with Crippen molar-refractivity contribution in [3.8, 4) is 0 Å². The smallest absolute Gasteiger partial charge is 0.234 e. The number of aliphatic hydroxyl groups is 1. The first kappa shape index (κ1) is 18.2. The van der Waals surface area contributed by atoms with Crippen molar-refractivity contribution >= 4 is 5.91 Å². The van der Waals surface area contributed by atoms with Gasteiger partial charge in [-0.1, -0.05) is 20.8 Å². The van der Waals surface area contributed by atoms with Crippen LogP contribution in [0.15, 0.2) is 0 Å². The van der Waals surface area contributed by atoms with Gasteiger partial charge in [-0.3, -0.25) is 14.6 Å². The fraction of sp³-hybridized carbons (Fsp3) is 0.947. The first-order chi connectivity index (χ1) is 11.3. The zero-order chi connectivity index (χ0) is 17.3. The molecule has 2 N–H and O–H groups in total. The van der Waals surface area contributed by atoms with E-state index in [0.717, 1.165) is 44.6 Å². The first-order valence-electron chi connectivity index (χ1n) is 9.75. The van der Waals surface area contributed by atoms with Gasteiger partial charge in [0.25, 0.3) is 0 Å². The Kier molecular flexibility index (Phi) is 5.52. The Morgan fingerprint density at radius 1 is 1.04 bits per heavy atom. The first-order valence-corrected chi connectivity index (χ1v) is 9.75. The summed E-state index contributed by atoms with van der Waals surface area (Å²) in [6.07, 6.45) is 4.91. The molecular weight excluding hydrogens is 302 g/mol. The molecule has 0 aromatic heterocycles. The zero-order valence-electron chi connectivity index (χ0n) is 15.6. The highest BCUT2D eigenvalue weighted by molar-refractivity contribution is 5.78. The van der Waals surface area contributed by atoms with E-state index in [1.807, 2.05) is 0 Å². The standard InChI is InChI=1S/C19H35N3O2/c1-19(2,3)16(23)12-21-8-10-22(11-9-21)13-17(24)20-18(14-4-5-14)15-6-7-15/h14-16,18,23H,4-13H2,1-3H3,(H,20,24)/t16-/m1/s1. The van der Waals surface area contributed by atoms with Crippen LogP contribution in [0, 0.1) is 17.3 Å². The average Bonchev–Trinajstić information content (AvgIpc) is 3.37. The number of hydrogen-bond donors (Lipinski definition) is 2. The molecule has 0 aromatic rings. The molecule has 1 atom stereocenters. The topological polar surface area (TPSA) is 55.8 Å². The summed E-state index contributed by atoms with van der Waals surface area (Å²) in [5.41, 5.74) is -0.0718. The Bertz CT molecular complexity index is 420. The van der Waals surface area contributed by atoms with E-state index < -0.39 is 0 Å². The number of aliphatic hydroxyl groups excluding tert-OH is 1. The van der Waals surface area contributed by atoms with E-state index in [1.54, 1.807) is 0 Å². The van der Waals surface area contributed by atoms with E-state index in [0.29, 0.717) is 12.6 Å². The molecule has 1 heterocycles. The lowest BCUT2D eigenvalue weighted by Crippen LogP contribution is -2.53. The van der Waals surface area contributed by atoms with Crippen molar-refractivity contribution in [2.24, 2.45) is 17.3 Å². The fourth-order valence-electron chi connectivity index (χ4n) is 3.61. The van der Waals surface area contributed by atoms with E-state index in [2.05, 4.69) is 35.9 Å². The van der Waals surface area contributed by atoms with Gasteiger partial charge in [0, 0.05) is 38.8 Å². The van der Waals surface area contributed by atoms with Gasteiger partial charge in [-0.15, -0.1) is 0 Å². The van der Waals surface area contributed by atoms with Gasteiger partial charge in [-0.2, -0.15) is 0 Å². The lowest BCUT2D eigenvalue weighted by atomic mass is 9.89. The minimum Gasteiger partial charge on any atom is -0.391 e. The van der Waals surface area contributed by atoms with E-state index in [4.69, 9.17) is 0 Å². The summed E-state index contributed by atoms with van der Waals surface area (Å²) in [7, 11) is 0. The van der Waals surface area contributed by atoms with Gasteiger partial charge in [-0.05, 0) is 42.9 Å². The minimum absolute atomic E-state index is 0.0718. The van der Waals surface area contributed by atoms with Gasteiger partial charge < -0.3 is 10.4 Å². The van der Waals surface area contributed by atoms with E-state index in [-0.39, 0.29) is 17.4 Å². The zero-order valence-corrected chi connectivity index (χ0v) is 15.6. The lowest BCUT2D eigenvalue weighted by molar-refractivity contribution is -0.123. The Morgan fingerprint density at radius 2 is 1.54 bits per heavy atom. The summed E-state index contributed by atoms with van der Waals surface area (Å²) < 4.78 is 0. The van der Waals surface area contributed by atoms with Crippen LogP contribution in [0.3, 0.4) is 0 Å². The highest BCUT2D eigenvalue weighted by atomic mass is 16.3. The molecule has 3 aliphatic rings. The van der Waals surface area contributed by atoms with Gasteiger partial charge in [0.1, 0.15) is 0 Å². The predicted molar refractivity (Wildman–Crippen MR) is 95.7 cm³/mol. The van der Waals surface area contributed by atoms with Crippen molar-refractivity contribution < 1.29 is 9.90 Å². The highest BCUT2D eigenvalue weighted by Crippen LogP contribution is 2.44. The molecule has 0 aromatic carbocycles. The van der Waals surface area contributed by atoms with E-state index in [9.17, 15) is 9.90 Å². The summed E-state index contributed by atoms with van der Waals surface area (Å²) in [5, 5.41) is 13.6. The lowest BCUT2D eigenvalue weighted by Gasteiger charge is -2.37. The summed E-state index contributed by atoms with van der Waals surface area (Å²) in [6, 6.07) is 0.459. The monoisotopic (exact) mass is 337 g/mol. The molecule has 0 unspecified atom stereocenters. The molecule has 2 saturated carbocycles. The van der Waals surface area contributed by atoms with E-state index >= 15 is 0 Å².